The zero-order valence-corrected chi connectivity index (χ0v) is 13.9. The van der Waals surface area contributed by atoms with E-state index < -0.39 is 0 Å². The second kappa shape index (κ2) is 7.76. The van der Waals surface area contributed by atoms with Gasteiger partial charge < -0.3 is 10.1 Å². The Kier molecular flexibility index (Phi) is 6.00. The molecule has 0 aliphatic carbocycles. The van der Waals surface area contributed by atoms with E-state index in [4.69, 9.17) is 4.74 Å². The lowest BCUT2D eigenvalue weighted by Crippen LogP contribution is -2.44. The summed E-state index contributed by atoms with van der Waals surface area (Å²) in [6.45, 7) is 10.8. The van der Waals surface area contributed by atoms with Gasteiger partial charge in [-0.25, -0.2) is 0 Å². The molecule has 0 aromatic carbocycles. The maximum atomic E-state index is 5.35. The normalized spacial score (nSPS) is 21.2. The van der Waals surface area contributed by atoms with Gasteiger partial charge in [-0.05, 0) is 45.7 Å². The third-order valence-corrected chi connectivity index (χ3v) is 4.38. The topological polar surface area (TPSA) is 37.4 Å². The predicted molar refractivity (Wildman–Crippen MR) is 86.7 cm³/mol. The molecular weight excluding hydrogens is 262 g/mol. The summed E-state index contributed by atoms with van der Waals surface area (Å²) in [6.07, 6.45) is 2.61. The molecule has 4 nitrogen and oxygen atoms in total. The molecule has 21 heavy (non-hydrogen) atoms. The fourth-order valence-corrected chi connectivity index (χ4v) is 3.26. The van der Waals surface area contributed by atoms with Crippen molar-refractivity contribution in [2.24, 2.45) is 5.92 Å². The number of methoxy groups -OCH3 is 1. The Bertz CT molecular complexity index is 450. The van der Waals surface area contributed by atoms with Crippen molar-refractivity contribution in [1.82, 2.24) is 15.2 Å². The summed E-state index contributed by atoms with van der Waals surface area (Å²) >= 11 is 0. The Hall–Kier alpha value is -1.13. The Morgan fingerprint density at radius 1 is 1.48 bits per heavy atom. The molecule has 1 N–H and O–H groups in total. The molecule has 4 heteroatoms. The van der Waals surface area contributed by atoms with Crippen LogP contribution in [0.3, 0.4) is 0 Å². The SMILES string of the molecule is CCNC(C)C1CCCN(Cc2cc(OC)cc(C)n2)C1. The summed E-state index contributed by atoms with van der Waals surface area (Å²) in [5, 5.41) is 3.56. The molecule has 0 spiro atoms. The summed E-state index contributed by atoms with van der Waals surface area (Å²) in [5.41, 5.74) is 2.14. The third-order valence-electron chi connectivity index (χ3n) is 4.38. The van der Waals surface area contributed by atoms with Crippen LogP contribution in [0.4, 0.5) is 0 Å². The van der Waals surface area contributed by atoms with E-state index in [1.807, 2.05) is 13.0 Å². The van der Waals surface area contributed by atoms with E-state index in [0.717, 1.165) is 42.7 Å². The summed E-state index contributed by atoms with van der Waals surface area (Å²) in [5.74, 6) is 1.65. The van der Waals surface area contributed by atoms with E-state index >= 15 is 0 Å². The molecule has 1 aromatic rings. The highest BCUT2D eigenvalue weighted by Crippen LogP contribution is 2.22. The molecule has 2 atom stereocenters. The van der Waals surface area contributed by atoms with E-state index in [1.54, 1.807) is 7.11 Å². The highest BCUT2D eigenvalue weighted by atomic mass is 16.5. The van der Waals surface area contributed by atoms with Gasteiger partial charge in [0.1, 0.15) is 5.75 Å². The lowest BCUT2D eigenvalue weighted by atomic mass is 9.91. The van der Waals surface area contributed by atoms with Crippen molar-refractivity contribution >= 4 is 0 Å². The smallest absolute Gasteiger partial charge is 0.122 e. The van der Waals surface area contributed by atoms with Crippen LogP contribution >= 0.6 is 0 Å². The van der Waals surface area contributed by atoms with Gasteiger partial charge in [-0.1, -0.05) is 6.92 Å². The number of aromatic nitrogens is 1. The van der Waals surface area contributed by atoms with E-state index in [2.05, 4.69) is 35.1 Å². The zero-order valence-electron chi connectivity index (χ0n) is 13.9. The van der Waals surface area contributed by atoms with E-state index in [0.29, 0.717) is 6.04 Å². The summed E-state index contributed by atoms with van der Waals surface area (Å²) in [6, 6.07) is 4.64. The molecule has 0 saturated carbocycles. The minimum Gasteiger partial charge on any atom is -0.497 e. The molecule has 0 amide bonds. The summed E-state index contributed by atoms with van der Waals surface area (Å²) < 4.78 is 5.35. The van der Waals surface area contributed by atoms with Crippen LogP contribution in [0, 0.1) is 12.8 Å². The van der Waals surface area contributed by atoms with Gasteiger partial charge in [0.2, 0.25) is 0 Å². The number of pyridine rings is 1. The highest BCUT2D eigenvalue weighted by Gasteiger charge is 2.24. The molecular formula is C17H29N3O. The number of aryl methyl sites for hydroxylation is 1. The van der Waals surface area contributed by atoms with Crippen molar-refractivity contribution < 1.29 is 4.74 Å². The molecule has 2 unspecified atom stereocenters. The van der Waals surface area contributed by atoms with Gasteiger partial charge in [-0.15, -0.1) is 0 Å². The van der Waals surface area contributed by atoms with Crippen LogP contribution in [-0.2, 0) is 6.54 Å². The molecule has 1 aromatic heterocycles. The van der Waals surface area contributed by atoms with Crippen LogP contribution in [0.25, 0.3) is 0 Å². The molecule has 0 bridgehead atoms. The monoisotopic (exact) mass is 291 g/mol. The van der Waals surface area contributed by atoms with Crippen LogP contribution in [0.2, 0.25) is 0 Å². The lowest BCUT2D eigenvalue weighted by Gasteiger charge is -2.36. The maximum Gasteiger partial charge on any atom is 0.122 e. The first kappa shape index (κ1) is 16.2. The first-order chi connectivity index (χ1) is 10.1. The Labute approximate surface area is 128 Å². The zero-order chi connectivity index (χ0) is 15.2. The quantitative estimate of drug-likeness (QED) is 0.874. The van der Waals surface area contributed by atoms with Gasteiger partial charge in [0, 0.05) is 37.0 Å². The molecule has 118 valence electrons. The maximum absolute atomic E-state index is 5.35. The molecule has 1 aliphatic heterocycles. The Balaban J connectivity index is 1.97. The minimum atomic E-state index is 0.595. The Morgan fingerprint density at radius 3 is 3.00 bits per heavy atom. The summed E-state index contributed by atoms with van der Waals surface area (Å²) in [7, 11) is 1.72. The van der Waals surface area contributed by atoms with Crippen molar-refractivity contribution in [2.75, 3.05) is 26.7 Å². The van der Waals surface area contributed by atoms with Crippen LogP contribution in [0.5, 0.6) is 5.75 Å². The molecule has 1 fully saturated rings. The molecule has 1 saturated heterocycles. The first-order valence-corrected chi connectivity index (χ1v) is 8.09. The number of likely N-dealkylation sites (tertiary alicyclic amines) is 1. The highest BCUT2D eigenvalue weighted by molar-refractivity contribution is 5.26. The largest absolute Gasteiger partial charge is 0.497 e. The van der Waals surface area contributed by atoms with Gasteiger partial charge in [-0.3, -0.25) is 9.88 Å². The van der Waals surface area contributed by atoms with Crippen molar-refractivity contribution in [3.8, 4) is 5.75 Å². The third kappa shape index (κ3) is 4.68. The number of nitrogens with one attached hydrogen (secondary N) is 1. The predicted octanol–water partition coefficient (Wildman–Crippen LogP) is 2.61. The van der Waals surface area contributed by atoms with Crippen molar-refractivity contribution in [3.63, 3.8) is 0 Å². The second-order valence-electron chi connectivity index (χ2n) is 6.12. The van der Waals surface area contributed by atoms with Crippen LogP contribution < -0.4 is 10.1 Å². The standard InChI is InChI=1S/C17H29N3O/c1-5-18-14(3)15-7-6-8-20(11-15)12-16-10-17(21-4)9-13(2)19-16/h9-10,14-15,18H,5-8,11-12H2,1-4H3. The van der Waals surface area contributed by atoms with Gasteiger partial charge >= 0.3 is 0 Å². The van der Waals surface area contributed by atoms with Gasteiger partial charge in [-0.2, -0.15) is 0 Å². The molecule has 2 rings (SSSR count). The second-order valence-corrected chi connectivity index (χ2v) is 6.12. The van der Waals surface area contributed by atoms with Crippen LogP contribution in [0.1, 0.15) is 38.1 Å². The minimum absolute atomic E-state index is 0.595. The van der Waals surface area contributed by atoms with E-state index in [9.17, 15) is 0 Å². The van der Waals surface area contributed by atoms with Crippen molar-refractivity contribution in [2.45, 2.75) is 46.2 Å². The molecule has 1 aliphatic rings. The lowest BCUT2D eigenvalue weighted by molar-refractivity contribution is 0.143. The number of ether oxygens (including phenoxy) is 1. The number of piperidine rings is 1. The van der Waals surface area contributed by atoms with E-state index in [-0.39, 0.29) is 0 Å². The number of nitrogens with zero attached hydrogens (tertiary/aromatic N) is 2. The fraction of sp³-hybridized carbons (Fsp3) is 0.706. The summed E-state index contributed by atoms with van der Waals surface area (Å²) in [4.78, 5) is 7.18. The average Bonchev–Trinajstić information content (AvgIpc) is 2.47. The van der Waals surface area contributed by atoms with Crippen LogP contribution in [0.15, 0.2) is 12.1 Å². The number of hydrogen-bond donors (Lipinski definition) is 1. The van der Waals surface area contributed by atoms with Gasteiger partial charge in [0.15, 0.2) is 0 Å². The molecule has 0 radical (unpaired) electrons. The van der Waals surface area contributed by atoms with Crippen molar-refractivity contribution in [1.29, 1.82) is 0 Å². The van der Waals surface area contributed by atoms with Crippen LogP contribution in [-0.4, -0.2) is 42.7 Å². The average molecular weight is 291 g/mol. The van der Waals surface area contributed by atoms with E-state index in [1.165, 1.54) is 19.4 Å². The van der Waals surface area contributed by atoms with Crippen molar-refractivity contribution in [3.05, 3.63) is 23.5 Å². The molecule has 2 heterocycles. The van der Waals surface area contributed by atoms with Gasteiger partial charge in [0.25, 0.3) is 0 Å². The number of hydrogen-bond acceptors (Lipinski definition) is 4. The Morgan fingerprint density at radius 2 is 2.29 bits per heavy atom. The fourth-order valence-electron chi connectivity index (χ4n) is 3.26. The number of rotatable bonds is 6. The van der Waals surface area contributed by atoms with Gasteiger partial charge in [0.05, 0.1) is 12.8 Å². The first-order valence-electron chi connectivity index (χ1n) is 8.09.